The summed E-state index contributed by atoms with van der Waals surface area (Å²) in [6.45, 7) is 0.514. The molecule has 1 aliphatic heterocycles. The van der Waals surface area contributed by atoms with Crippen LogP contribution in [0.4, 0.5) is 23.2 Å². The molecule has 1 unspecified atom stereocenters. The number of anilines is 1. The molecule has 0 aliphatic carbocycles. The van der Waals surface area contributed by atoms with Crippen LogP contribution in [0.1, 0.15) is 6.42 Å². The monoisotopic (exact) mass is 350 g/mol. The van der Waals surface area contributed by atoms with E-state index in [1.54, 1.807) is 4.90 Å². The van der Waals surface area contributed by atoms with Gasteiger partial charge in [-0.1, -0.05) is 0 Å². The number of hydrogen-bond acceptors (Lipinski definition) is 4. The highest BCUT2D eigenvalue weighted by Crippen LogP contribution is 2.26. The molecule has 2 rings (SSSR count). The van der Waals surface area contributed by atoms with Crippen molar-refractivity contribution in [2.24, 2.45) is 0 Å². The lowest BCUT2D eigenvalue weighted by molar-refractivity contribution is -0.274. The Morgan fingerprint density at radius 1 is 1.33 bits per heavy atom. The molecular formula is C15H18F4N2O3. The molecule has 1 N–H and O–H groups in total. The van der Waals surface area contributed by atoms with Gasteiger partial charge in [-0.05, 0) is 30.7 Å². The lowest BCUT2D eigenvalue weighted by atomic mass is 10.1. The Morgan fingerprint density at radius 2 is 2.00 bits per heavy atom. The van der Waals surface area contributed by atoms with Crippen molar-refractivity contribution < 1.29 is 31.8 Å². The van der Waals surface area contributed by atoms with E-state index in [0.29, 0.717) is 12.2 Å². The van der Waals surface area contributed by atoms with Crippen molar-refractivity contribution in [1.82, 2.24) is 4.90 Å². The zero-order valence-corrected chi connectivity index (χ0v) is 13.0. The van der Waals surface area contributed by atoms with E-state index in [1.165, 1.54) is 19.2 Å². The lowest BCUT2D eigenvalue weighted by Gasteiger charge is -2.19. The Balaban J connectivity index is 1.83. The molecule has 9 heteroatoms. The number of likely N-dealkylation sites (tertiary alicyclic amines) is 1. The Kier molecular flexibility index (Phi) is 5.66. The average molecular weight is 350 g/mol. The molecular weight excluding hydrogens is 332 g/mol. The van der Waals surface area contributed by atoms with Crippen molar-refractivity contribution in [2.45, 2.75) is 18.5 Å². The molecule has 1 amide bonds. The van der Waals surface area contributed by atoms with Crippen LogP contribution in [0, 0.1) is 0 Å². The highest BCUT2D eigenvalue weighted by atomic mass is 19.4. The number of halogens is 4. The Morgan fingerprint density at radius 3 is 2.58 bits per heavy atom. The van der Waals surface area contributed by atoms with Gasteiger partial charge in [0, 0.05) is 25.9 Å². The summed E-state index contributed by atoms with van der Waals surface area (Å²) in [5, 5.41) is 2.55. The second-order valence-electron chi connectivity index (χ2n) is 5.66. The number of ether oxygens (including phenoxy) is 2. The summed E-state index contributed by atoms with van der Waals surface area (Å²) in [7, 11) is 1.42. The number of benzene rings is 1. The quantitative estimate of drug-likeness (QED) is 0.802. The molecule has 0 saturated carbocycles. The maximum absolute atomic E-state index is 14.2. The summed E-state index contributed by atoms with van der Waals surface area (Å²) < 4.78 is 59.0. The third-order valence-electron chi connectivity index (χ3n) is 3.52. The third-order valence-corrected chi connectivity index (χ3v) is 3.52. The zero-order valence-electron chi connectivity index (χ0n) is 13.0. The number of alkyl halides is 4. The van der Waals surface area contributed by atoms with Crippen LogP contribution < -0.4 is 10.1 Å². The minimum absolute atomic E-state index is 0.00378. The molecule has 0 radical (unpaired) electrons. The van der Waals surface area contributed by atoms with Crippen LogP contribution in [-0.4, -0.2) is 56.2 Å². The van der Waals surface area contributed by atoms with Crippen LogP contribution >= 0.6 is 0 Å². The van der Waals surface area contributed by atoms with Crippen molar-refractivity contribution in [2.75, 3.05) is 38.7 Å². The fraction of sp³-hybridized carbons (Fsp3) is 0.533. The maximum atomic E-state index is 14.2. The maximum Gasteiger partial charge on any atom is 0.573 e. The number of carbonyl (C=O) groups is 1. The Labute approximate surface area is 136 Å². The standard InChI is InChI=1S/C15H18F4N2O3/c1-23-10-14(16)6-7-21(9-14)8-13(22)20-11-2-4-12(5-3-11)24-15(17,18)19/h2-5H,6-10H2,1H3,(H,20,22). The minimum atomic E-state index is -4.76. The van der Waals surface area contributed by atoms with Gasteiger partial charge >= 0.3 is 6.36 Å². The fourth-order valence-corrected chi connectivity index (χ4v) is 2.57. The third kappa shape index (κ3) is 5.64. The van der Waals surface area contributed by atoms with Gasteiger partial charge in [0.15, 0.2) is 0 Å². The predicted molar refractivity (Wildman–Crippen MR) is 78.5 cm³/mol. The van der Waals surface area contributed by atoms with E-state index in [4.69, 9.17) is 4.74 Å². The van der Waals surface area contributed by atoms with Crippen molar-refractivity contribution in [3.05, 3.63) is 24.3 Å². The van der Waals surface area contributed by atoms with E-state index >= 15 is 0 Å². The summed E-state index contributed by atoms with van der Waals surface area (Å²) >= 11 is 0. The second kappa shape index (κ2) is 7.35. The zero-order chi connectivity index (χ0) is 17.8. The number of nitrogens with one attached hydrogen (secondary N) is 1. The molecule has 1 saturated heterocycles. The first kappa shape index (κ1) is 18.5. The van der Waals surface area contributed by atoms with E-state index in [-0.39, 0.29) is 37.8 Å². The van der Waals surface area contributed by atoms with Crippen LogP contribution in [0.25, 0.3) is 0 Å². The van der Waals surface area contributed by atoms with Crippen molar-refractivity contribution in [3.63, 3.8) is 0 Å². The van der Waals surface area contributed by atoms with Gasteiger partial charge in [-0.25, -0.2) is 4.39 Å². The summed E-state index contributed by atoms with van der Waals surface area (Å²) in [5.41, 5.74) is -1.12. The first-order valence-electron chi connectivity index (χ1n) is 7.25. The summed E-state index contributed by atoms with van der Waals surface area (Å²) in [6, 6.07) is 4.80. The number of methoxy groups -OCH3 is 1. The van der Waals surface area contributed by atoms with E-state index < -0.39 is 12.0 Å². The second-order valence-corrected chi connectivity index (χ2v) is 5.66. The molecule has 0 spiro atoms. The van der Waals surface area contributed by atoms with Gasteiger partial charge < -0.3 is 14.8 Å². The number of amides is 1. The average Bonchev–Trinajstić information content (AvgIpc) is 2.81. The summed E-state index contributed by atoms with van der Waals surface area (Å²) in [5.74, 6) is -0.747. The van der Waals surface area contributed by atoms with Crippen LogP contribution in [0.2, 0.25) is 0 Å². The molecule has 1 fully saturated rings. The van der Waals surface area contributed by atoms with E-state index in [1.807, 2.05) is 0 Å². The van der Waals surface area contributed by atoms with Gasteiger partial charge in [0.1, 0.15) is 11.4 Å². The number of nitrogens with zero attached hydrogens (tertiary/aromatic N) is 1. The Hall–Kier alpha value is -1.87. The van der Waals surface area contributed by atoms with E-state index in [0.717, 1.165) is 12.1 Å². The van der Waals surface area contributed by atoms with Crippen molar-refractivity contribution in [3.8, 4) is 5.75 Å². The van der Waals surface area contributed by atoms with Gasteiger partial charge in [-0.15, -0.1) is 13.2 Å². The topological polar surface area (TPSA) is 50.8 Å². The van der Waals surface area contributed by atoms with Crippen LogP contribution in [0.15, 0.2) is 24.3 Å². The first-order valence-corrected chi connectivity index (χ1v) is 7.25. The molecule has 1 aliphatic rings. The van der Waals surface area contributed by atoms with Gasteiger partial charge in [0.05, 0.1) is 13.2 Å². The smallest absolute Gasteiger partial charge is 0.406 e. The molecule has 1 heterocycles. The van der Waals surface area contributed by atoms with E-state index in [9.17, 15) is 22.4 Å². The van der Waals surface area contributed by atoms with Crippen molar-refractivity contribution >= 4 is 11.6 Å². The molecule has 24 heavy (non-hydrogen) atoms. The first-order chi connectivity index (χ1) is 11.2. The van der Waals surface area contributed by atoms with Gasteiger partial charge in [0.25, 0.3) is 0 Å². The number of carbonyl (C=O) groups excluding carboxylic acids is 1. The largest absolute Gasteiger partial charge is 0.573 e. The van der Waals surface area contributed by atoms with Crippen molar-refractivity contribution in [1.29, 1.82) is 0 Å². The highest BCUT2D eigenvalue weighted by molar-refractivity contribution is 5.92. The Bertz CT molecular complexity index is 565. The molecule has 1 aromatic carbocycles. The van der Waals surface area contributed by atoms with Gasteiger partial charge in [-0.3, -0.25) is 9.69 Å². The highest BCUT2D eigenvalue weighted by Gasteiger charge is 2.38. The van der Waals surface area contributed by atoms with E-state index in [2.05, 4.69) is 10.1 Å². The number of rotatable bonds is 6. The van der Waals surface area contributed by atoms with Gasteiger partial charge in [-0.2, -0.15) is 0 Å². The number of hydrogen-bond donors (Lipinski definition) is 1. The molecule has 5 nitrogen and oxygen atoms in total. The molecule has 0 bridgehead atoms. The minimum Gasteiger partial charge on any atom is -0.406 e. The summed E-state index contributed by atoms with van der Waals surface area (Å²) in [4.78, 5) is 13.6. The molecule has 1 atom stereocenters. The normalized spacial score (nSPS) is 21.7. The van der Waals surface area contributed by atoms with Crippen LogP contribution in [-0.2, 0) is 9.53 Å². The summed E-state index contributed by atoms with van der Waals surface area (Å²) in [6.07, 6.45) is -4.47. The molecule has 0 aromatic heterocycles. The predicted octanol–water partition coefficient (Wildman–Crippen LogP) is 2.58. The SMILES string of the molecule is COCC1(F)CCN(CC(=O)Nc2ccc(OC(F)(F)F)cc2)C1. The molecule has 134 valence electrons. The fourth-order valence-electron chi connectivity index (χ4n) is 2.57. The van der Waals surface area contributed by atoms with Crippen LogP contribution in [0.5, 0.6) is 5.75 Å². The van der Waals surface area contributed by atoms with Crippen LogP contribution in [0.3, 0.4) is 0 Å². The molecule has 1 aromatic rings. The van der Waals surface area contributed by atoms with Gasteiger partial charge in [0.2, 0.25) is 5.91 Å². The lowest BCUT2D eigenvalue weighted by Crippen LogP contribution is -2.36.